The summed E-state index contributed by atoms with van der Waals surface area (Å²) < 4.78 is 0. The molecule has 216 valence electrons. The SMILES string of the molecule is O=C(O)c1ccc(CCCC2CCN(CC3CN(C(C(=O)O)C4CCCCC4)CC3c3ccccc3)CC2)cc1. The minimum Gasteiger partial charge on any atom is -0.480 e. The highest BCUT2D eigenvalue weighted by Gasteiger charge is 2.43. The number of aryl methyl sites for hydroxylation is 1. The second-order valence-electron chi connectivity index (χ2n) is 12.6. The lowest BCUT2D eigenvalue weighted by Crippen LogP contribution is -2.46. The Morgan fingerprint density at radius 2 is 1.55 bits per heavy atom. The van der Waals surface area contributed by atoms with Crippen LogP contribution < -0.4 is 0 Å². The Morgan fingerprint density at radius 3 is 2.20 bits per heavy atom. The van der Waals surface area contributed by atoms with E-state index in [1.807, 2.05) is 12.1 Å². The summed E-state index contributed by atoms with van der Waals surface area (Å²) in [6.45, 7) is 5.04. The number of piperidine rings is 1. The Morgan fingerprint density at radius 1 is 0.850 bits per heavy atom. The van der Waals surface area contributed by atoms with Crippen LogP contribution in [0.4, 0.5) is 0 Å². The molecule has 2 N–H and O–H groups in total. The summed E-state index contributed by atoms with van der Waals surface area (Å²) >= 11 is 0. The zero-order valence-corrected chi connectivity index (χ0v) is 23.8. The molecule has 2 heterocycles. The molecule has 0 amide bonds. The number of aromatic carboxylic acids is 1. The second kappa shape index (κ2) is 13.8. The molecule has 2 aromatic carbocycles. The van der Waals surface area contributed by atoms with E-state index >= 15 is 0 Å². The molecule has 1 aliphatic carbocycles. The molecular weight excluding hydrogens is 500 g/mol. The molecule has 2 aromatic rings. The van der Waals surface area contributed by atoms with Gasteiger partial charge in [0.1, 0.15) is 6.04 Å². The third kappa shape index (κ3) is 7.32. The Labute approximate surface area is 239 Å². The predicted molar refractivity (Wildman–Crippen MR) is 158 cm³/mol. The van der Waals surface area contributed by atoms with Crippen LogP contribution in [0.15, 0.2) is 54.6 Å². The van der Waals surface area contributed by atoms with E-state index in [0.717, 1.165) is 64.3 Å². The summed E-state index contributed by atoms with van der Waals surface area (Å²) in [6, 6.07) is 17.7. The number of rotatable bonds is 11. The lowest BCUT2D eigenvalue weighted by molar-refractivity contribution is -0.145. The van der Waals surface area contributed by atoms with Crippen LogP contribution in [-0.2, 0) is 11.2 Å². The van der Waals surface area contributed by atoms with E-state index in [0.29, 0.717) is 17.4 Å². The Hall–Kier alpha value is -2.70. The summed E-state index contributed by atoms with van der Waals surface area (Å²) in [7, 11) is 0. The van der Waals surface area contributed by atoms with Crippen LogP contribution in [0.2, 0.25) is 0 Å². The number of carboxylic acids is 2. The third-order valence-electron chi connectivity index (χ3n) is 9.92. The molecule has 3 atom stereocenters. The molecule has 0 spiro atoms. The van der Waals surface area contributed by atoms with E-state index in [-0.39, 0.29) is 12.0 Å². The van der Waals surface area contributed by atoms with E-state index in [1.165, 1.54) is 49.7 Å². The molecule has 5 rings (SSSR count). The van der Waals surface area contributed by atoms with Crippen molar-refractivity contribution in [1.82, 2.24) is 9.80 Å². The number of nitrogens with zero attached hydrogens (tertiary/aromatic N) is 2. The minimum absolute atomic E-state index is 0.285. The fourth-order valence-electron chi connectivity index (χ4n) is 7.70. The van der Waals surface area contributed by atoms with Crippen molar-refractivity contribution in [2.45, 2.75) is 76.2 Å². The highest BCUT2D eigenvalue weighted by molar-refractivity contribution is 5.87. The fourth-order valence-corrected chi connectivity index (χ4v) is 7.70. The first kappa shape index (κ1) is 28.8. The first-order chi connectivity index (χ1) is 19.5. The number of benzene rings is 2. The van der Waals surface area contributed by atoms with Crippen LogP contribution in [-0.4, -0.2) is 70.7 Å². The van der Waals surface area contributed by atoms with Gasteiger partial charge < -0.3 is 15.1 Å². The first-order valence-corrected chi connectivity index (χ1v) is 15.5. The maximum atomic E-state index is 12.5. The summed E-state index contributed by atoms with van der Waals surface area (Å²) in [5.74, 6) is 0.382. The summed E-state index contributed by atoms with van der Waals surface area (Å²) in [5.41, 5.74) is 2.92. The van der Waals surface area contributed by atoms with Gasteiger partial charge in [-0.25, -0.2) is 4.79 Å². The topological polar surface area (TPSA) is 81.1 Å². The van der Waals surface area contributed by atoms with Crippen molar-refractivity contribution in [1.29, 1.82) is 0 Å². The Kier molecular flexibility index (Phi) is 9.92. The number of carboxylic acid groups (broad SMARTS) is 2. The Bertz CT molecular complexity index is 1090. The predicted octanol–water partition coefficient (Wildman–Crippen LogP) is 6.17. The van der Waals surface area contributed by atoms with Crippen molar-refractivity contribution in [2.24, 2.45) is 17.8 Å². The van der Waals surface area contributed by atoms with Gasteiger partial charge >= 0.3 is 11.9 Å². The summed E-state index contributed by atoms with van der Waals surface area (Å²) in [4.78, 5) is 28.5. The number of aliphatic carboxylic acids is 1. The lowest BCUT2D eigenvalue weighted by Gasteiger charge is -2.35. The van der Waals surface area contributed by atoms with Crippen molar-refractivity contribution < 1.29 is 19.8 Å². The van der Waals surface area contributed by atoms with E-state index in [9.17, 15) is 14.7 Å². The van der Waals surface area contributed by atoms with Gasteiger partial charge in [0.15, 0.2) is 0 Å². The van der Waals surface area contributed by atoms with Crippen molar-refractivity contribution in [3.8, 4) is 0 Å². The molecule has 3 fully saturated rings. The maximum absolute atomic E-state index is 12.5. The molecule has 0 radical (unpaired) electrons. The van der Waals surface area contributed by atoms with Crippen molar-refractivity contribution in [3.05, 3.63) is 71.3 Å². The van der Waals surface area contributed by atoms with Gasteiger partial charge in [0.2, 0.25) is 0 Å². The molecule has 6 nitrogen and oxygen atoms in total. The molecule has 40 heavy (non-hydrogen) atoms. The van der Waals surface area contributed by atoms with Gasteiger partial charge in [-0.05, 0) is 92.6 Å². The highest BCUT2D eigenvalue weighted by atomic mass is 16.4. The normalized spacial score (nSPS) is 24.2. The number of hydrogen-bond donors (Lipinski definition) is 2. The molecule has 3 unspecified atom stereocenters. The van der Waals surface area contributed by atoms with Crippen LogP contribution in [0, 0.1) is 17.8 Å². The Balaban J connectivity index is 1.14. The summed E-state index contributed by atoms with van der Waals surface area (Å²) in [5, 5.41) is 19.4. The number of likely N-dealkylation sites (tertiary alicyclic amines) is 2. The molecule has 2 saturated heterocycles. The maximum Gasteiger partial charge on any atom is 0.335 e. The fraction of sp³-hybridized carbons (Fsp3) is 0.588. The quantitative estimate of drug-likeness (QED) is 0.351. The average molecular weight is 547 g/mol. The van der Waals surface area contributed by atoms with Gasteiger partial charge in [0.05, 0.1) is 5.56 Å². The van der Waals surface area contributed by atoms with Crippen molar-refractivity contribution >= 4 is 11.9 Å². The van der Waals surface area contributed by atoms with Gasteiger partial charge in [0.25, 0.3) is 0 Å². The van der Waals surface area contributed by atoms with E-state index in [4.69, 9.17) is 5.11 Å². The van der Waals surface area contributed by atoms with Gasteiger partial charge in [0, 0.05) is 25.6 Å². The van der Waals surface area contributed by atoms with E-state index < -0.39 is 11.9 Å². The smallest absolute Gasteiger partial charge is 0.335 e. The number of carbonyl (C=O) groups is 2. The van der Waals surface area contributed by atoms with Gasteiger partial charge in [-0.1, -0.05) is 68.1 Å². The zero-order valence-electron chi connectivity index (χ0n) is 23.8. The first-order valence-electron chi connectivity index (χ1n) is 15.5. The molecule has 2 aliphatic heterocycles. The molecule has 6 heteroatoms. The number of hydrogen-bond acceptors (Lipinski definition) is 4. The van der Waals surface area contributed by atoms with Crippen LogP contribution in [0.3, 0.4) is 0 Å². The van der Waals surface area contributed by atoms with Crippen LogP contribution in [0.25, 0.3) is 0 Å². The third-order valence-corrected chi connectivity index (χ3v) is 9.92. The minimum atomic E-state index is -0.871. The van der Waals surface area contributed by atoms with Gasteiger partial charge in [-0.3, -0.25) is 9.69 Å². The molecule has 1 saturated carbocycles. The lowest BCUT2D eigenvalue weighted by atomic mass is 9.83. The van der Waals surface area contributed by atoms with Gasteiger partial charge in [-0.2, -0.15) is 0 Å². The van der Waals surface area contributed by atoms with Crippen LogP contribution in [0.5, 0.6) is 0 Å². The monoisotopic (exact) mass is 546 g/mol. The van der Waals surface area contributed by atoms with E-state index in [1.54, 1.807) is 12.1 Å². The second-order valence-corrected chi connectivity index (χ2v) is 12.6. The summed E-state index contributed by atoms with van der Waals surface area (Å²) in [6.07, 6.45) is 11.5. The molecule has 0 aromatic heterocycles. The average Bonchev–Trinajstić information content (AvgIpc) is 3.38. The van der Waals surface area contributed by atoms with Gasteiger partial charge in [-0.15, -0.1) is 0 Å². The zero-order chi connectivity index (χ0) is 27.9. The van der Waals surface area contributed by atoms with Crippen molar-refractivity contribution in [2.75, 3.05) is 32.7 Å². The molecule has 3 aliphatic rings. The standard InChI is InChI=1S/C34H46N2O4/c37-33(38)29-16-14-25(15-17-29)8-7-9-26-18-20-35(21-19-26)22-30-23-36(24-31(30)27-10-3-1-4-11-27)32(34(39)40)28-12-5-2-6-13-28/h1,3-4,10-11,14-17,26,28,30-32H,2,5-9,12-13,18-24H2,(H,37,38)(H,39,40). The highest BCUT2D eigenvalue weighted by Crippen LogP contribution is 2.38. The largest absolute Gasteiger partial charge is 0.480 e. The van der Waals surface area contributed by atoms with Crippen LogP contribution >= 0.6 is 0 Å². The molecular formula is C34H46N2O4. The van der Waals surface area contributed by atoms with Crippen LogP contribution in [0.1, 0.15) is 85.2 Å². The molecule has 0 bridgehead atoms. The van der Waals surface area contributed by atoms with Crippen molar-refractivity contribution in [3.63, 3.8) is 0 Å². The van der Waals surface area contributed by atoms with E-state index in [2.05, 4.69) is 40.1 Å².